The molecule has 0 aliphatic carbocycles. The van der Waals surface area contributed by atoms with Gasteiger partial charge in [-0.1, -0.05) is 29.5 Å². The highest BCUT2D eigenvalue weighted by atomic mass is 32.1. The Morgan fingerprint density at radius 1 is 1.20 bits per heavy atom. The van der Waals surface area contributed by atoms with Crippen molar-refractivity contribution in [1.82, 2.24) is 4.98 Å². The van der Waals surface area contributed by atoms with Gasteiger partial charge >= 0.3 is 0 Å². The number of thiazole rings is 1. The van der Waals surface area contributed by atoms with Crippen LogP contribution in [0.2, 0.25) is 0 Å². The number of aromatic nitrogens is 1. The minimum Gasteiger partial charge on any atom is -0.396 e. The van der Waals surface area contributed by atoms with Crippen LogP contribution in [0.4, 0.5) is 15.2 Å². The first kappa shape index (κ1) is 12.6. The molecule has 0 atom stereocenters. The summed E-state index contributed by atoms with van der Waals surface area (Å²) < 4.78 is 14.3. The number of nitrogens with zero attached hydrogens (tertiary/aromatic N) is 1. The van der Waals surface area contributed by atoms with Crippen LogP contribution in [-0.4, -0.2) is 10.9 Å². The second kappa shape index (κ2) is 4.90. The number of nitrogens with one attached hydrogen (secondary N) is 1. The molecule has 0 aliphatic heterocycles. The normalized spacial score (nSPS) is 10.7. The Hall–Kier alpha value is -2.47. The van der Waals surface area contributed by atoms with Gasteiger partial charge in [0.1, 0.15) is 5.82 Å². The molecule has 3 aromatic rings. The number of fused-ring (bicyclic) bond motifs is 1. The Bertz CT molecular complexity index is 767. The van der Waals surface area contributed by atoms with Gasteiger partial charge in [0.25, 0.3) is 5.91 Å². The molecular formula is C14H10FN3OS. The SMILES string of the molecule is Nc1c(F)cccc1C(=O)Nc1nc2ccccc2s1. The zero-order chi connectivity index (χ0) is 14.1. The summed E-state index contributed by atoms with van der Waals surface area (Å²) in [6, 6.07) is 11.7. The van der Waals surface area contributed by atoms with Gasteiger partial charge in [0.2, 0.25) is 0 Å². The summed E-state index contributed by atoms with van der Waals surface area (Å²) in [5, 5.41) is 3.10. The van der Waals surface area contributed by atoms with E-state index in [1.165, 1.54) is 29.5 Å². The molecule has 0 unspecified atom stereocenters. The molecule has 0 aliphatic rings. The molecule has 0 radical (unpaired) electrons. The molecule has 0 saturated carbocycles. The molecule has 1 amide bonds. The summed E-state index contributed by atoms with van der Waals surface area (Å²) in [5.74, 6) is -1.08. The lowest BCUT2D eigenvalue weighted by molar-refractivity contribution is 0.102. The second-order valence-corrected chi connectivity index (χ2v) is 5.17. The van der Waals surface area contributed by atoms with Crippen molar-refractivity contribution in [2.75, 3.05) is 11.1 Å². The van der Waals surface area contributed by atoms with Gasteiger partial charge in [-0.2, -0.15) is 0 Å². The Balaban J connectivity index is 1.90. The highest BCUT2D eigenvalue weighted by Gasteiger charge is 2.14. The Morgan fingerprint density at radius 3 is 2.80 bits per heavy atom. The summed E-state index contributed by atoms with van der Waals surface area (Å²) in [5.41, 5.74) is 6.31. The quantitative estimate of drug-likeness (QED) is 0.711. The Labute approximate surface area is 118 Å². The number of hydrogen-bond donors (Lipinski definition) is 2. The minimum absolute atomic E-state index is 0.101. The lowest BCUT2D eigenvalue weighted by Gasteiger charge is -2.05. The number of anilines is 2. The first-order valence-corrected chi connectivity index (χ1v) is 6.68. The van der Waals surface area contributed by atoms with E-state index in [1.807, 2.05) is 24.3 Å². The number of nitrogens with two attached hydrogens (primary N) is 1. The molecule has 1 aromatic heterocycles. The maximum absolute atomic E-state index is 13.3. The molecule has 100 valence electrons. The van der Waals surface area contributed by atoms with Gasteiger partial charge in [-0.3, -0.25) is 10.1 Å². The number of amides is 1. The Kier molecular flexibility index (Phi) is 3.08. The van der Waals surface area contributed by atoms with Gasteiger partial charge in [0.05, 0.1) is 21.5 Å². The molecular weight excluding hydrogens is 277 g/mol. The van der Waals surface area contributed by atoms with Gasteiger partial charge in [-0.15, -0.1) is 0 Å². The average molecular weight is 287 g/mol. The molecule has 0 spiro atoms. The van der Waals surface area contributed by atoms with E-state index in [2.05, 4.69) is 10.3 Å². The summed E-state index contributed by atoms with van der Waals surface area (Å²) in [6.45, 7) is 0. The maximum atomic E-state index is 13.3. The smallest absolute Gasteiger partial charge is 0.259 e. The number of benzene rings is 2. The van der Waals surface area contributed by atoms with Gasteiger partial charge in [-0.25, -0.2) is 9.37 Å². The van der Waals surface area contributed by atoms with Crippen LogP contribution in [-0.2, 0) is 0 Å². The highest BCUT2D eigenvalue weighted by molar-refractivity contribution is 7.22. The van der Waals surface area contributed by atoms with E-state index in [-0.39, 0.29) is 11.3 Å². The van der Waals surface area contributed by atoms with Crippen molar-refractivity contribution in [3.63, 3.8) is 0 Å². The van der Waals surface area contributed by atoms with Crippen molar-refractivity contribution in [1.29, 1.82) is 0 Å². The van der Waals surface area contributed by atoms with Gasteiger partial charge in [-0.05, 0) is 24.3 Å². The molecule has 0 bridgehead atoms. The molecule has 6 heteroatoms. The fraction of sp³-hybridized carbons (Fsp3) is 0. The average Bonchev–Trinajstić information content (AvgIpc) is 2.83. The van der Waals surface area contributed by atoms with Crippen LogP contribution in [0.3, 0.4) is 0 Å². The Morgan fingerprint density at radius 2 is 2.00 bits per heavy atom. The van der Waals surface area contributed by atoms with E-state index < -0.39 is 11.7 Å². The number of carbonyl (C=O) groups excluding carboxylic acids is 1. The maximum Gasteiger partial charge on any atom is 0.259 e. The molecule has 4 nitrogen and oxygen atoms in total. The van der Waals surface area contributed by atoms with Gasteiger partial charge in [0, 0.05) is 0 Å². The van der Waals surface area contributed by atoms with Crippen molar-refractivity contribution in [2.45, 2.75) is 0 Å². The number of carbonyl (C=O) groups is 1. The fourth-order valence-corrected chi connectivity index (χ4v) is 2.69. The predicted octanol–water partition coefficient (Wildman–Crippen LogP) is 3.27. The minimum atomic E-state index is -0.609. The molecule has 0 fully saturated rings. The van der Waals surface area contributed by atoms with Crippen molar-refractivity contribution >= 4 is 38.3 Å². The van der Waals surface area contributed by atoms with Crippen LogP contribution in [0.25, 0.3) is 10.2 Å². The number of hydrogen-bond acceptors (Lipinski definition) is 4. The summed E-state index contributed by atoms with van der Waals surface area (Å²) in [4.78, 5) is 16.4. The van der Waals surface area contributed by atoms with Crippen LogP contribution >= 0.6 is 11.3 Å². The van der Waals surface area contributed by atoms with E-state index in [1.54, 1.807) is 0 Å². The summed E-state index contributed by atoms with van der Waals surface area (Å²) in [7, 11) is 0. The van der Waals surface area contributed by atoms with E-state index in [4.69, 9.17) is 5.73 Å². The molecule has 1 heterocycles. The van der Waals surface area contributed by atoms with Crippen LogP contribution in [0.15, 0.2) is 42.5 Å². The summed E-state index contributed by atoms with van der Waals surface area (Å²) in [6.07, 6.45) is 0. The van der Waals surface area contributed by atoms with E-state index in [0.717, 1.165) is 10.2 Å². The van der Waals surface area contributed by atoms with Crippen LogP contribution in [0, 0.1) is 5.82 Å². The van der Waals surface area contributed by atoms with E-state index >= 15 is 0 Å². The second-order valence-electron chi connectivity index (χ2n) is 4.14. The third-order valence-corrected chi connectivity index (χ3v) is 3.76. The number of nitrogen functional groups attached to an aromatic ring is 1. The van der Waals surface area contributed by atoms with Gasteiger partial charge in [0.15, 0.2) is 5.13 Å². The molecule has 20 heavy (non-hydrogen) atoms. The first-order chi connectivity index (χ1) is 9.65. The van der Waals surface area contributed by atoms with E-state index in [9.17, 15) is 9.18 Å². The van der Waals surface area contributed by atoms with Crippen LogP contribution in [0.5, 0.6) is 0 Å². The predicted molar refractivity (Wildman–Crippen MR) is 78.4 cm³/mol. The molecule has 3 rings (SSSR count). The lowest BCUT2D eigenvalue weighted by atomic mass is 10.1. The molecule has 3 N–H and O–H groups in total. The molecule has 0 saturated heterocycles. The van der Waals surface area contributed by atoms with E-state index in [0.29, 0.717) is 5.13 Å². The first-order valence-electron chi connectivity index (χ1n) is 5.86. The standard InChI is InChI=1S/C14H10FN3OS/c15-9-5-3-4-8(12(9)16)13(19)18-14-17-10-6-1-2-7-11(10)20-14/h1-7H,16H2,(H,17,18,19). The number of halogens is 1. The number of para-hydroxylation sites is 2. The highest BCUT2D eigenvalue weighted by Crippen LogP contribution is 2.26. The third kappa shape index (κ3) is 2.21. The fourth-order valence-electron chi connectivity index (χ4n) is 1.83. The summed E-state index contributed by atoms with van der Waals surface area (Å²) >= 11 is 1.35. The number of rotatable bonds is 2. The van der Waals surface area contributed by atoms with Crippen LogP contribution in [0.1, 0.15) is 10.4 Å². The van der Waals surface area contributed by atoms with Crippen LogP contribution < -0.4 is 11.1 Å². The van der Waals surface area contributed by atoms with Crippen molar-refractivity contribution in [3.05, 3.63) is 53.8 Å². The topological polar surface area (TPSA) is 68.0 Å². The largest absolute Gasteiger partial charge is 0.396 e. The monoisotopic (exact) mass is 287 g/mol. The van der Waals surface area contributed by atoms with Crippen molar-refractivity contribution < 1.29 is 9.18 Å². The van der Waals surface area contributed by atoms with Crippen molar-refractivity contribution in [2.24, 2.45) is 0 Å². The van der Waals surface area contributed by atoms with Gasteiger partial charge < -0.3 is 5.73 Å². The van der Waals surface area contributed by atoms with Crippen molar-refractivity contribution in [3.8, 4) is 0 Å². The lowest BCUT2D eigenvalue weighted by Crippen LogP contribution is -2.14. The zero-order valence-electron chi connectivity index (χ0n) is 10.3. The zero-order valence-corrected chi connectivity index (χ0v) is 11.1. The third-order valence-electron chi connectivity index (χ3n) is 2.81. The molecule has 2 aromatic carbocycles.